The first-order valence-corrected chi connectivity index (χ1v) is 7.84. The Balaban J connectivity index is 2.23. The number of nitrogens with zero attached hydrogens (tertiary/aromatic N) is 1. The molecule has 5 heteroatoms. The Morgan fingerprint density at radius 1 is 1.37 bits per heavy atom. The lowest BCUT2D eigenvalue weighted by Gasteiger charge is -2.09. The quantitative estimate of drug-likeness (QED) is 0.822. The molecular weight excluding hydrogens is 299 g/mol. The van der Waals surface area contributed by atoms with Crippen molar-refractivity contribution in [3.63, 3.8) is 0 Å². The first kappa shape index (κ1) is 14.8. The van der Waals surface area contributed by atoms with Gasteiger partial charge < -0.3 is 5.32 Å². The molecule has 0 bridgehead atoms. The maximum atomic E-state index is 6.22. The van der Waals surface area contributed by atoms with Crippen LogP contribution in [0.5, 0.6) is 0 Å². The van der Waals surface area contributed by atoms with Gasteiger partial charge in [-0.05, 0) is 26.0 Å². The summed E-state index contributed by atoms with van der Waals surface area (Å²) in [4.78, 5) is 5.66. The van der Waals surface area contributed by atoms with Crippen LogP contribution in [0.2, 0.25) is 10.0 Å². The summed E-state index contributed by atoms with van der Waals surface area (Å²) in [5.74, 6) is 0. The van der Waals surface area contributed by atoms with E-state index in [1.165, 1.54) is 4.88 Å². The Kier molecular flexibility index (Phi) is 5.22. The zero-order chi connectivity index (χ0) is 13.8. The topological polar surface area (TPSA) is 24.9 Å². The zero-order valence-electron chi connectivity index (χ0n) is 10.9. The number of aromatic nitrogens is 1. The number of thiazole rings is 1. The van der Waals surface area contributed by atoms with Crippen molar-refractivity contribution >= 4 is 34.5 Å². The molecule has 0 spiro atoms. The van der Waals surface area contributed by atoms with Crippen LogP contribution in [0.25, 0.3) is 10.6 Å². The molecule has 1 unspecified atom stereocenters. The van der Waals surface area contributed by atoms with Crippen LogP contribution >= 0.6 is 34.5 Å². The van der Waals surface area contributed by atoms with Crippen LogP contribution in [0.15, 0.2) is 24.4 Å². The molecule has 0 saturated heterocycles. The summed E-state index contributed by atoms with van der Waals surface area (Å²) in [7, 11) is 0. The van der Waals surface area contributed by atoms with Crippen LogP contribution in [0.4, 0.5) is 0 Å². The average molecular weight is 315 g/mol. The number of hydrogen-bond donors (Lipinski definition) is 1. The van der Waals surface area contributed by atoms with E-state index in [1.807, 2.05) is 18.3 Å². The number of halogens is 2. The molecule has 0 aliphatic heterocycles. The standard InChI is InChI=1S/C14H16Cl2N2S/c1-3-7-17-9(2)12-8-18-14(19-12)10-5-4-6-11(15)13(10)16/h4-6,8-9,17H,3,7H2,1-2H3. The van der Waals surface area contributed by atoms with Crippen molar-refractivity contribution in [2.45, 2.75) is 26.3 Å². The van der Waals surface area contributed by atoms with Crippen molar-refractivity contribution < 1.29 is 0 Å². The molecule has 0 aliphatic carbocycles. The third-order valence-electron chi connectivity index (χ3n) is 2.83. The molecular formula is C14H16Cl2N2S. The summed E-state index contributed by atoms with van der Waals surface area (Å²) < 4.78 is 0. The lowest BCUT2D eigenvalue weighted by atomic mass is 10.2. The third kappa shape index (κ3) is 3.48. The molecule has 0 aliphatic rings. The SMILES string of the molecule is CCCNC(C)c1cnc(-c2cccc(Cl)c2Cl)s1. The van der Waals surface area contributed by atoms with Gasteiger partial charge in [0.15, 0.2) is 0 Å². The fraction of sp³-hybridized carbons (Fsp3) is 0.357. The van der Waals surface area contributed by atoms with E-state index < -0.39 is 0 Å². The van der Waals surface area contributed by atoms with Crippen molar-refractivity contribution in [2.24, 2.45) is 0 Å². The second-order valence-electron chi connectivity index (χ2n) is 4.34. The van der Waals surface area contributed by atoms with E-state index in [9.17, 15) is 0 Å². The van der Waals surface area contributed by atoms with Gasteiger partial charge in [0.2, 0.25) is 0 Å². The van der Waals surface area contributed by atoms with Crippen molar-refractivity contribution in [1.82, 2.24) is 10.3 Å². The lowest BCUT2D eigenvalue weighted by molar-refractivity contribution is 0.577. The van der Waals surface area contributed by atoms with Gasteiger partial charge in [0.25, 0.3) is 0 Å². The van der Waals surface area contributed by atoms with Gasteiger partial charge in [0.1, 0.15) is 5.01 Å². The first-order chi connectivity index (χ1) is 9.13. The highest BCUT2D eigenvalue weighted by Gasteiger charge is 2.13. The van der Waals surface area contributed by atoms with Crippen LogP contribution in [0, 0.1) is 0 Å². The Morgan fingerprint density at radius 2 is 2.16 bits per heavy atom. The van der Waals surface area contributed by atoms with E-state index in [4.69, 9.17) is 23.2 Å². The maximum absolute atomic E-state index is 6.22. The molecule has 1 atom stereocenters. The van der Waals surface area contributed by atoms with E-state index in [0.29, 0.717) is 16.1 Å². The van der Waals surface area contributed by atoms with Gasteiger partial charge in [-0.3, -0.25) is 0 Å². The highest BCUT2D eigenvalue weighted by Crippen LogP contribution is 2.36. The molecule has 1 heterocycles. The number of hydrogen-bond acceptors (Lipinski definition) is 3. The van der Waals surface area contributed by atoms with E-state index in [-0.39, 0.29) is 0 Å². The van der Waals surface area contributed by atoms with Crippen molar-refractivity contribution in [3.05, 3.63) is 39.3 Å². The van der Waals surface area contributed by atoms with E-state index in [0.717, 1.165) is 23.5 Å². The van der Waals surface area contributed by atoms with Crippen molar-refractivity contribution in [2.75, 3.05) is 6.54 Å². The minimum atomic E-state index is 0.309. The molecule has 0 saturated carbocycles. The Morgan fingerprint density at radius 3 is 2.89 bits per heavy atom. The maximum Gasteiger partial charge on any atom is 0.125 e. The second-order valence-corrected chi connectivity index (χ2v) is 6.19. The van der Waals surface area contributed by atoms with E-state index in [2.05, 4.69) is 24.1 Å². The summed E-state index contributed by atoms with van der Waals surface area (Å²) >= 11 is 13.9. The molecule has 2 nitrogen and oxygen atoms in total. The number of nitrogens with one attached hydrogen (secondary N) is 1. The number of benzene rings is 1. The van der Waals surface area contributed by atoms with E-state index in [1.54, 1.807) is 17.4 Å². The molecule has 2 aromatic rings. The van der Waals surface area contributed by atoms with Gasteiger partial charge in [-0.15, -0.1) is 11.3 Å². The van der Waals surface area contributed by atoms with Gasteiger partial charge in [0, 0.05) is 22.7 Å². The molecule has 0 amide bonds. The molecule has 1 N–H and O–H groups in total. The van der Waals surface area contributed by atoms with Crippen LogP contribution < -0.4 is 5.32 Å². The Bertz CT molecular complexity index is 554. The average Bonchev–Trinajstić information content (AvgIpc) is 2.88. The van der Waals surface area contributed by atoms with Crippen molar-refractivity contribution in [1.29, 1.82) is 0 Å². The summed E-state index contributed by atoms with van der Waals surface area (Å²) in [6.45, 7) is 5.31. The Labute approximate surface area is 127 Å². The predicted molar refractivity (Wildman–Crippen MR) is 84.3 cm³/mol. The molecule has 0 radical (unpaired) electrons. The summed E-state index contributed by atoms with van der Waals surface area (Å²) in [6.07, 6.45) is 3.03. The van der Waals surface area contributed by atoms with Gasteiger partial charge in [0.05, 0.1) is 10.0 Å². The van der Waals surface area contributed by atoms with Crippen LogP contribution in [-0.4, -0.2) is 11.5 Å². The minimum absolute atomic E-state index is 0.309. The molecule has 0 fully saturated rings. The van der Waals surface area contributed by atoms with E-state index >= 15 is 0 Å². The van der Waals surface area contributed by atoms with Crippen LogP contribution in [0.1, 0.15) is 31.2 Å². The normalized spacial score (nSPS) is 12.6. The first-order valence-electron chi connectivity index (χ1n) is 6.27. The lowest BCUT2D eigenvalue weighted by Crippen LogP contribution is -2.18. The molecule has 102 valence electrons. The second kappa shape index (κ2) is 6.71. The van der Waals surface area contributed by atoms with Gasteiger partial charge >= 0.3 is 0 Å². The third-order valence-corrected chi connectivity index (χ3v) is 4.87. The Hall–Kier alpha value is -0.610. The summed E-state index contributed by atoms with van der Waals surface area (Å²) in [5, 5.41) is 5.49. The van der Waals surface area contributed by atoms with Crippen LogP contribution in [-0.2, 0) is 0 Å². The monoisotopic (exact) mass is 314 g/mol. The predicted octanol–water partition coefficient (Wildman–Crippen LogP) is 5.18. The highest BCUT2D eigenvalue weighted by atomic mass is 35.5. The smallest absolute Gasteiger partial charge is 0.125 e. The van der Waals surface area contributed by atoms with Gasteiger partial charge in [-0.25, -0.2) is 4.98 Å². The molecule has 19 heavy (non-hydrogen) atoms. The van der Waals surface area contributed by atoms with Crippen molar-refractivity contribution in [3.8, 4) is 10.6 Å². The zero-order valence-corrected chi connectivity index (χ0v) is 13.2. The van der Waals surface area contributed by atoms with Gasteiger partial charge in [-0.1, -0.05) is 42.3 Å². The number of rotatable bonds is 5. The fourth-order valence-corrected chi connectivity index (χ4v) is 3.16. The fourth-order valence-electron chi connectivity index (χ4n) is 1.74. The minimum Gasteiger partial charge on any atom is -0.309 e. The molecule has 1 aromatic carbocycles. The summed E-state index contributed by atoms with van der Waals surface area (Å²) in [5.41, 5.74) is 0.896. The highest BCUT2D eigenvalue weighted by molar-refractivity contribution is 7.15. The molecule has 2 rings (SSSR count). The molecule has 1 aromatic heterocycles. The summed E-state index contributed by atoms with van der Waals surface area (Å²) in [6, 6.07) is 5.93. The van der Waals surface area contributed by atoms with Crippen LogP contribution in [0.3, 0.4) is 0 Å². The van der Waals surface area contributed by atoms with Gasteiger partial charge in [-0.2, -0.15) is 0 Å². The largest absolute Gasteiger partial charge is 0.309 e.